The van der Waals surface area contributed by atoms with Crippen molar-refractivity contribution >= 4 is 16.0 Å². The van der Waals surface area contributed by atoms with Gasteiger partial charge >= 0.3 is 5.97 Å². The molecule has 1 aromatic rings. The molecular formula is C13H21N3O4S. The molecule has 0 amide bonds. The van der Waals surface area contributed by atoms with Gasteiger partial charge in [0.15, 0.2) is 0 Å². The quantitative estimate of drug-likeness (QED) is 0.797. The van der Waals surface area contributed by atoms with Gasteiger partial charge in [0.05, 0.1) is 0 Å². The van der Waals surface area contributed by atoms with E-state index in [1.54, 1.807) is 0 Å². The van der Waals surface area contributed by atoms with Crippen LogP contribution >= 0.6 is 0 Å². The van der Waals surface area contributed by atoms with Gasteiger partial charge in [0, 0.05) is 25.8 Å². The molecule has 0 saturated carbocycles. The number of aromatic nitrogens is 1. The monoisotopic (exact) mass is 315 g/mol. The average Bonchev–Trinajstić information content (AvgIpc) is 3.05. The molecule has 1 fully saturated rings. The fourth-order valence-corrected chi connectivity index (χ4v) is 3.71. The molecule has 0 bridgehead atoms. The number of carboxylic acid groups (broad SMARTS) is 1. The number of hydrogen-bond donors (Lipinski definition) is 2. The number of aromatic carboxylic acids is 1. The summed E-state index contributed by atoms with van der Waals surface area (Å²) in [6.07, 6.45) is 3.61. The van der Waals surface area contributed by atoms with E-state index in [0.717, 1.165) is 25.9 Å². The molecule has 0 aromatic carbocycles. The summed E-state index contributed by atoms with van der Waals surface area (Å²) in [6.45, 7) is 4.30. The molecule has 1 saturated heterocycles. The Morgan fingerprint density at radius 2 is 2.05 bits per heavy atom. The highest BCUT2D eigenvalue weighted by Crippen LogP contribution is 2.15. The van der Waals surface area contributed by atoms with Crippen molar-refractivity contribution in [1.82, 2.24) is 14.2 Å². The summed E-state index contributed by atoms with van der Waals surface area (Å²) >= 11 is 0. The van der Waals surface area contributed by atoms with E-state index < -0.39 is 16.0 Å². The smallest absolute Gasteiger partial charge is 0.352 e. The third kappa shape index (κ3) is 3.63. The predicted molar refractivity (Wildman–Crippen MR) is 77.8 cm³/mol. The average molecular weight is 315 g/mol. The Labute approximate surface area is 124 Å². The van der Waals surface area contributed by atoms with E-state index in [0.29, 0.717) is 6.54 Å². The summed E-state index contributed by atoms with van der Waals surface area (Å²) in [5.41, 5.74) is -0.0528. The van der Waals surface area contributed by atoms with Gasteiger partial charge in [-0.2, -0.15) is 0 Å². The van der Waals surface area contributed by atoms with Crippen LogP contribution in [0.25, 0.3) is 0 Å². The van der Waals surface area contributed by atoms with Crippen molar-refractivity contribution in [2.24, 2.45) is 7.05 Å². The van der Waals surface area contributed by atoms with Crippen LogP contribution in [0.3, 0.4) is 0 Å². The summed E-state index contributed by atoms with van der Waals surface area (Å²) in [5, 5.41) is 8.96. The van der Waals surface area contributed by atoms with Gasteiger partial charge in [-0.25, -0.2) is 17.9 Å². The molecule has 1 unspecified atom stereocenters. The van der Waals surface area contributed by atoms with Crippen LogP contribution in [0.15, 0.2) is 17.2 Å². The largest absolute Gasteiger partial charge is 0.477 e. The van der Waals surface area contributed by atoms with E-state index >= 15 is 0 Å². The molecule has 2 N–H and O–H groups in total. The Hall–Kier alpha value is -1.38. The van der Waals surface area contributed by atoms with Gasteiger partial charge in [-0.05, 0) is 38.9 Å². The van der Waals surface area contributed by atoms with Crippen molar-refractivity contribution in [2.45, 2.75) is 30.7 Å². The first-order valence-electron chi connectivity index (χ1n) is 6.94. The Kier molecular flexibility index (Phi) is 4.70. The van der Waals surface area contributed by atoms with Crippen LogP contribution in [-0.4, -0.2) is 54.6 Å². The molecule has 0 spiro atoms. The van der Waals surface area contributed by atoms with E-state index in [4.69, 9.17) is 5.11 Å². The first-order valence-corrected chi connectivity index (χ1v) is 8.43. The van der Waals surface area contributed by atoms with Crippen LogP contribution < -0.4 is 4.72 Å². The first-order chi connectivity index (χ1) is 9.81. The zero-order valence-electron chi connectivity index (χ0n) is 12.2. The molecule has 0 radical (unpaired) electrons. The number of likely N-dealkylation sites (tertiary alicyclic amines) is 1. The van der Waals surface area contributed by atoms with Crippen LogP contribution in [0.2, 0.25) is 0 Å². The van der Waals surface area contributed by atoms with Crippen LogP contribution in [0.1, 0.15) is 30.3 Å². The van der Waals surface area contributed by atoms with Crippen molar-refractivity contribution in [3.63, 3.8) is 0 Å². The molecule has 8 heteroatoms. The third-order valence-electron chi connectivity index (χ3n) is 3.84. The highest BCUT2D eigenvalue weighted by Gasteiger charge is 2.23. The van der Waals surface area contributed by atoms with Crippen LogP contribution in [0, 0.1) is 0 Å². The second-order valence-corrected chi connectivity index (χ2v) is 7.19. The van der Waals surface area contributed by atoms with Gasteiger partial charge in [-0.3, -0.25) is 4.90 Å². The molecule has 1 aliphatic heterocycles. The van der Waals surface area contributed by atoms with E-state index in [9.17, 15) is 13.2 Å². The molecular weight excluding hydrogens is 294 g/mol. The topological polar surface area (TPSA) is 91.6 Å². The fourth-order valence-electron chi connectivity index (χ4n) is 2.52. The summed E-state index contributed by atoms with van der Waals surface area (Å²) in [5.74, 6) is -1.15. The number of nitrogens with zero attached hydrogens (tertiary/aromatic N) is 2. The molecule has 1 aliphatic rings. The van der Waals surface area contributed by atoms with E-state index in [1.165, 1.54) is 23.9 Å². The van der Waals surface area contributed by atoms with E-state index in [-0.39, 0.29) is 16.6 Å². The van der Waals surface area contributed by atoms with Crippen molar-refractivity contribution < 1.29 is 18.3 Å². The second-order valence-electron chi connectivity index (χ2n) is 5.42. The minimum Gasteiger partial charge on any atom is -0.477 e. The van der Waals surface area contributed by atoms with E-state index in [1.807, 2.05) is 6.92 Å². The standard InChI is InChI=1S/C13H21N3O4S/c1-10(16-5-3-4-6-16)8-14-21(19,20)11-7-12(13(17)18)15(2)9-11/h7,9-10,14H,3-6,8H2,1-2H3,(H,17,18). The van der Waals surface area contributed by atoms with Gasteiger partial charge in [-0.15, -0.1) is 0 Å². The Morgan fingerprint density at radius 1 is 1.43 bits per heavy atom. The second kappa shape index (κ2) is 6.17. The molecule has 21 heavy (non-hydrogen) atoms. The maximum Gasteiger partial charge on any atom is 0.352 e. The predicted octanol–water partition coefficient (Wildman–Crippen LogP) is 0.486. The number of nitrogens with one attached hydrogen (secondary N) is 1. The normalized spacial score (nSPS) is 18.0. The van der Waals surface area contributed by atoms with Crippen LogP contribution in [0.5, 0.6) is 0 Å². The van der Waals surface area contributed by atoms with Gasteiger partial charge in [0.2, 0.25) is 10.0 Å². The van der Waals surface area contributed by atoms with Gasteiger partial charge in [-0.1, -0.05) is 0 Å². The lowest BCUT2D eigenvalue weighted by Crippen LogP contribution is -2.40. The van der Waals surface area contributed by atoms with Gasteiger partial charge < -0.3 is 9.67 Å². The highest BCUT2D eigenvalue weighted by atomic mass is 32.2. The zero-order valence-corrected chi connectivity index (χ0v) is 13.1. The SMILES string of the molecule is CC(CNS(=O)(=O)c1cc(C(=O)O)n(C)c1)N1CCCC1. The first kappa shape index (κ1) is 16.0. The zero-order chi connectivity index (χ0) is 15.6. The van der Waals surface area contributed by atoms with Crippen molar-refractivity contribution in [3.8, 4) is 0 Å². The lowest BCUT2D eigenvalue weighted by atomic mass is 10.3. The van der Waals surface area contributed by atoms with Crippen LogP contribution in [0.4, 0.5) is 0 Å². The Bertz CT molecular complexity index is 617. The fraction of sp³-hybridized carbons (Fsp3) is 0.615. The molecule has 1 aromatic heterocycles. The highest BCUT2D eigenvalue weighted by molar-refractivity contribution is 7.89. The van der Waals surface area contributed by atoms with Crippen molar-refractivity contribution in [3.05, 3.63) is 18.0 Å². The number of carbonyl (C=O) groups is 1. The van der Waals surface area contributed by atoms with Gasteiger partial charge in [0.25, 0.3) is 0 Å². The number of carboxylic acids is 1. The maximum absolute atomic E-state index is 12.2. The maximum atomic E-state index is 12.2. The number of rotatable bonds is 6. The molecule has 1 atom stereocenters. The van der Waals surface area contributed by atoms with Crippen LogP contribution in [-0.2, 0) is 17.1 Å². The minimum absolute atomic E-state index is 0.0176. The molecule has 2 rings (SSSR count). The number of sulfonamides is 1. The lowest BCUT2D eigenvalue weighted by Gasteiger charge is -2.23. The van der Waals surface area contributed by atoms with Crippen molar-refractivity contribution in [1.29, 1.82) is 0 Å². The summed E-state index contributed by atoms with van der Waals surface area (Å²) < 4.78 is 28.3. The molecule has 2 heterocycles. The molecule has 0 aliphatic carbocycles. The van der Waals surface area contributed by atoms with Crippen molar-refractivity contribution in [2.75, 3.05) is 19.6 Å². The number of aryl methyl sites for hydroxylation is 1. The summed E-state index contributed by atoms with van der Waals surface area (Å²) in [4.78, 5) is 13.2. The third-order valence-corrected chi connectivity index (χ3v) is 5.23. The molecule has 118 valence electrons. The number of hydrogen-bond acceptors (Lipinski definition) is 4. The van der Waals surface area contributed by atoms with E-state index in [2.05, 4.69) is 9.62 Å². The lowest BCUT2D eigenvalue weighted by molar-refractivity contribution is 0.0686. The summed E-state index contributed by atoms with van der Waals surface area (Å²) in [6, 6.07) is 1.30. The molecule has 7 nitrogen and oxygen atoms in total. The Morgan fingerprint density at radius 3 is 2.57 bits per heavy atom. The summed E-state index contributed by atoms with van der Waals surface area (Å²) in [7, 11) is -2.17. The Balaban J connectivity index is 2.04. The minimum atomic E-state index is -3.68. The van der Waals surface area contributed by atoms with Gasteiger partial charge in [0.1, 0.15) is 10.6 Å².